The topological polar surface area (TPSA) is 68.4 Å². The van der Waals surface area contributed by atoms with E-state index < -0.39 is 0 Å². The number of hydrogen-bond acceptors (Lipinski definition) is 5. The van der Waals surface area contributed by atoms with Crippen LogP contribution in [-0.4, -0.2) is 62.9 Å². The van der Waals surface area contributed by atoms with Crippen molar-refractivity contribution in [1.29, 1.82) is 0 Å². The number of aromatic nitrogens is 4. The fourth-order valence-corrected chi connectivity index (χ4v) is 4.01. The summed E-state index contributed by atoms with van der Waals surface area (Å²) >= 11 is 1.41. The van der Waals surface area contributed by atoms with Gasteiger partial charge in [0.05, 0.1) is 31.9 Å². The van der Waals surface area contributed by atoms with Crippen molar-refractivity contribution in [3.8, 4) is 0 Å². The third-order valence-electron chi connectivity index (χ3n) is 4.79. The normalized spacial score (nSPS) is 16.8. The Kier molecular flexibility index (Phi) is 6.04. The molecule has 1 fully saturated rings. The van der Waals surface area contributed by atoms with Crippen LogP contribution in [-0.2, 0) is 11.3 Å². The van der Waals surface area contributed by atoms with Crippen LogP contribution in [0, 0.1) is 0 Å². The van der Waals surface area contributed by atoms with Gasteiger partial charge in [0.25, 0.3) is 0 Å². The first kappa shape index (κ1) is 17.9. The summed E-state index contributed by atoms with van der Waals surface area (Å²) in [6.45, 7) is 8.55. The number of carbonyl (C=O) groups is 1. The number of thioether (sulfide) groups is 1. The first-order valence-corrected chi connectivity index (χ1v) is 9.74. The highest BCUT2D eigenvalue weighted by Gasteiger charge is 2.27. The van der Waals surface area contributed by atoms with Gasteiger partial charge >= 0.3 is 0 Å². The predicted octanol–water partition coefficient (Wildman–Crippen LogP) is 0.273. The first-order valence-electron chi connectivity index (χ1n) is 8.75. The van der Waals surface area contributed by atoms with Gasteiger partial charge in [-0.3, -0.25) is 4.79 Å². The maximum absolute atomic E-state index is 12.5. The highest BCUT2D eigenvalue weighted by Crippen LogP contribution is 2.14. The SMILES string of the molecule is CCn1nnnc1SCC(=O)N1CC[NH+]([C@H](C)c2ccccc2)CC1. The Morgan fingerprint density at radius 2 is 2.00 bits per heavy atom. The lowest BCUT2D eigenvalue weighted by atomic mass is 10.1. The van der Waals surface area contributed by atoms with E-state index in [0.29, 0.717) is 23.5 Å². The van der Waals surface area contributed by atoms with Crippen LogP contribution in [0.25, 0.3) is 0 Å². The minimum absolute atomic E-state index is 0.169. The molecule has 25 heavy (non-hydrogen) atoms. The number of aryl methyl sites for hydroxylation is 1. The molecule has 8 heteroatoms. The summed E-state index contributed by atoms with van der Waals surface area (Å²) in [6, 6.07) is 11.1. The molecule has 0 spiro atoms. The lowest BCUT2D eigenvalue weighted by molar-refractivity contribution is -0.933. The number of rotatable bonds is 6. The van der Waals surface area contributed by atoms with Crippen LogP contribution in [0.1, 0.15) is 25.5 Å². The molecule has 1 N–H and O–H groups in total. The molecule has 1 atom stereocenters. The van der Waals surface area contributed by atoms with Crippen molar-refractivity contribution in [3.05, 3.63) is 35.9 Å². The highest BCUT2D eigenvalue weighted by molar-refractivity contribution is 7.99. The Morgan fingerprint density at radius 3 is 2.68 bits per heavy atom. The van der Waals surface area contributed by atoms with Gasteiger partial charge in [-0.25, -0.2) is 4.68 Å². The van der Waals surface area contributed by atoms with Crippen molar-refractivity contribution in [2.75, 3.05) is 31.9 Å². The van der Waals surface area contributed by atoms with E-state index in [9.17, 15) is 4.79 Å². The second kappa shape index (κ2) is 8.44. The lowest BCUT2D eigenvalue weighted by Gasteiger charge is -2.35. The van der Waals surface area contributed by atoms with Crippen molar-refractivity contribution in [1.82, 2.24) is 25.1 Å². The van der Waals surface area contributed by atoms with Crippen LogP contribution >= 0.6 is 11.8 Å². The average molecular weight is 361 g/mol. The average Bonchev–Trinajstić information content (AvgIpc) is 3.14. The monoisotopic (exact) mass is 361 g/mol. The maximum atomic E-state index is 12.5. The smallest absolute Gasteiger partial charge is 0.233 e. The van der Waals surface area contributed by atoms with Crippen LogP contribution in [0.3, 0.4) is 0 Å². The van der Waals surface area contributed by atoms with E-state index in [2.05, 4.69) is 52.8 Å². The molecule has 2 heterocycles. The molecule has 0 radical (unpaired) electrons. The zero-order valence-electron chi connectivity index (χ0n) is 14.8. The Hall–Kier alpha value is -1.93. The number of hydrogen-bond donors (Lipinski definition) is 1. The fraction of sp³-hybridized carbons (Fsp3) is 0.529. The molecule has 1 saturated heterocycles. The quantitative estimate of drug-likeness (QED) is 0.748. The molecule has 134 valence electrons. The number of nitrogens with zero attached hydrogens (tertiary/aromatic N) is 5. The van der Waals surface area contributed by atoms with Crippen LogP contribution < -0.4 is 4.90 Å². The summed E-state index contributed by atoms with van der Waals surface area (Å²) in [5.41, 5.74) is 1.36. The molecule has 0 saturated carbocycles. The van der Waals surface area contributed by atoms with Crippen molar-refractivity contribution >= 4 is 17.7 Å². The van der Waals surface area contributed by atoms with Crippen LogP contribution in [0.15, 0.2) is 35.5 Å². The van der Waals surface area contributed by atoms with E-state index in [4.69, 9.17) is 0 Å². The molecule has 1 aliphatic rings. The molecular weight excluding hydrogens is 336 g/mol. The Morgan fingerprint density at radius 1 is 1.28 bits per heavy atom. The van der Waals surface area contributed by atoms with Gasteiger partial charge in [0.1, 0.15) is 6.04 Å². The summed E-state index contributed by atoms with van der Waals surface area (Å²) < 4.78 is 1.71. The summed E-state index contributed by atoms with van der Waals surface area (Å²) in [5, 5.41) is 12.2. The second-order valence-corrected chi connectivity index (χ2v) is 7.18. The first-order chi connectivity index (χ1) is 12.2. The minimum atomic E-state index is 0.169. The number of amides is 1. The van der Waals surface area contributed by atoms with Crippen molar-refractivity contribution in [3.63, 3.8) is 0 Å². The summed E-state index contributed by atoms with van der Waals surface area (Å²) in [6.07, 6.45) is 0. The number of tetrazole rings is 1. The van der Waals surface area contributed by atoms with E-state index >= 15 is 0 Å². The number of piperazine rings is 1. The van der Waals surface area contributed by atoms with Crippen LogP contribution in [0.5, 0.6) is 0 Å². The third kappa shape index (κ3) is 4.38. The molecule has 1 aliphatic heterocycles. The van der Waals surface area contributed by atoms with Crippen molar-refractivity contribution in [2.45, 2.75) is 31.6 Å². The molecule has 1 aromatic heterocycles. The van der Waals surface area contributed by atoms with Crippen molar-refractivity contribution in [2.24, 2.45) is 0 Å². The maximum Gasteiger partial charge on any atom is 0.233 e. The molecule has 0 unspecified atom stereocenters. The van der Waals surface area contributed by atoms with Crippen molar-refractivity contribution < 1.29 is 9.69 Å². The number of nitrogens with one attached hydrogen (secondary N) is 1. The second-order valence-electron chi connectivity index (χ2n) is 6.24. The summed E-state index contributed by atoms with van der Waals surface area (Å²) in [4.78, 5) is 16.0. The Labute approximate surface area is 152 Å². The van der Waals surface area contributed by atoms with E-state index in [1.807, 2.05) is 11.8 Å². The number of benzene rings is 1. The van der Waals surface area contributed by atoms with E-state index in [1.165, 1.54) is 22.2 Å². The molecule has 1 amide bonds. The van der Waals surface area contributed by atoms with E-state index in [1.54, 1.807) is 4.68 Å². The molecule has 0 aliphatic carbocycles. The van der Waals surface area contributed by atoms with Gasteiger partial charge in [-0.05, 0) is 24.3 Å². The van der Waals surface area contributed by atoms with Crippen LogP contribution in [0.4, 0.5) is 0 Å². The Bertz CT molecular complexity index is 683. The zero-order valence-corrected chi connectivity index (χ0v) is 15.6. The fourth-order valence-electron chi connectivity index (χ4n) is 3.17. The van der Waals surface area contributed by atoms with Gasteiger partial charge in [-0.1, -0.05) is 42.1 Å². The third-order valence-corrected chi connectivity index (χ3v) is 5.74. The van der Waals surface area contributed by atoms with Gasteiger partial charge in [0, 0.05) is 12.1 Å². The van der Waals surface area contributed by atoms with Gasteiger partial charge in [0.2, 0.25) is 11.1 Å². The molecule has 2 aromatic rings. The molecule has 1 aromatic carbocycles. The predicted molar refractivity (Wildman–Crippen MR) is 96.3 cm³/mol. The molecule has 3 rings (SSSR count). The Balaban J connectivity index is 1.47. The summed E-state index contributed by atoms with van der Waals surface area (Å²) in [5.74, 6) is 0.561. The highest BCUT2D eigenvalue weighted by atomic mass is 32.2. The molecule has 0 bridgehead atoms. The number of quaternary nitrogens is 1. The van der Waals surface area contributed by atoms with E-state index in [0.717, 1.165) is 26.2 Å². The molecular formula is C17H25N6OS+. The number of carbonyl (C=O) groups excluding carboxylic acids is 1. The van der Waals surface area contributed by atoms with E-state index in [-0.39, 0.29) is 5.91 Å². The summed E-state index contributed by atoms with van der Waals surface area (Å²) in [7, 11) is 0. The standard InChI is InChI=1S/C17H24N6OS/c1-3-23-17(18-19-20-23)25-13-16(24)22-11-9-21(10-12-22)14(2)15-7-5-4-6-8-15/h4-8,14H,3,9-13H2,1-2H3/p+1/t14-/m1/s1. The van der Waals surface area contributed by atoms with Gasteiger partial charge in [0.15, 0.2) is 0 Å². The minimum Gasteiger partial charge on any atom is -0.331 e. The lowest BCUT2D eigenvalue weighted by Crippen LogP contribution is -3.14. The van der Waals surface area contributed by atoms with Gasteiger partial charge in [-0.15, -0.1) is 5.10 Å². The van der Waals surface area contributed by atoms with Gasteiger partial charge < -0.3 is 9.80 Å². The zero-order chi connectivity index (χ0) is 17.6. The van der Waals surface area contributed by atoms with Crippen LogP contribution in [0.2, 0.25) is 0 Å². The van der Waals surface area contributed by atoms with Gasteiger partial charge in [-0.2, -0.15) is 0 Å². The molecule has 7 nitrogen and oxygen atoms in total. The largest absolute Gasteiger partial charge is 0.331 e.